The van der Waals surface area contributed by atoms with Crippen LogP contribution in [0.3, 0.4) is 0 Å². The molecule has 1 fully saturated rings. The maximum absolute atomic E-state index is 13.5. The van der Waals surface area contributed by atoms with Crippen LogP contribution in [-0.2, 0) is 23.8 Å². The van der Waals surface area contributed by atoms with Crippen LogP contribution >= 0.6 is 0 Å². The fourth-order valence-corrected chi connectivity index (χ4v) is 5.41. The molecule has 0 radical (unpaired) electrons. The number of methoxy groups -OCH3 is 3. The lowest BCUT2D eigenvalue weighted by Gasteiger charge is -2.34. The largest absolute Gasteiger partial charge is 0.497 e. The Hall–Kier alpha value is -4.14. The molecule has 2 aromatic carbocycles. The van der Waals surface area contributed by atoms with Gasteiger partial charge in [-0.1, -0.05) is 36.8 Å². The molecule has 7 nitrogen and oxygen atoms in total. The standard InChI is InChI=1S/C33H38F2N2O5/c1-40-29-17-8-23(20-30(41-2)33(29)42-3)21-36-18-19-37(22-32(36)39)31(38)7-5-4-6-28(24-9-13-26(34)14-10-24)25-11-15-27(35)16-12-25/h8-16,20,28H,4-7,17-19,21-22H2,1-3H3. The number of rotatable bonds is 12. The molecular weight excluding hydrogens is 542 g/mol. The number of piperazine rings is 1. The predicted octanol–water partition coefficient (Wildman–Crippen LogP) is 5.69. The summed E-state index contributed by atoms with van der Waals surface area (Å²) in [4.78, 5) is 29.3. The smallest absolute Gasteiger partial charge is 0.242 e. The van der Waals surface area contributed by atoms with Gasteiger partial charge in [0.05, 0.1) is 27.9 Å². The Morgan fingerprint density at radius 1 is 0.881 bits per heavy atom. The van der Waals surface area contributed by atoms with Crippen molar-refractivity contribution < 1.29 is 32.6 Å². The predicted molar refractivity (Wildman–Crippen MR) is 155 cm³/mol. The molecule has 0 spiro atoms. The van der Waals surface area contributed by atoms with E-state index in [4.69, 9.17) is 14.2 Å². The van der Waals surface area contributed by atoms with Gasteiger partial charge in [0.1, 0.15) is 17.4 Å². The molecule has 224 valence electrons. The summed E-state index contributed by atoms with van der Waals surface area (Å²) in [7, 11) is 4.69. The lowest BCUT2D eigenvalue weighted by molar-refractivity contribution is -0.144. The third-order valence-electron chi connectivity index (χ3n) is 7.74. The van der Waals surface area contributed by atoms with Crippen LogP contribution in [0.1, 0.15) is 49.1 Å². The number of allylic oxidation sites excluding steroid dienone is 1. The molecule has 0 saturated carbocycles. The highest BCUT2D eigenvalue weighted by Gasteiger charge is 2.28. The van der Waals surface area contributed by atoms with Gasteiger partial charge in [0.15, 0.2) is 11.5 Å². The van der Waals surface area contributed by atoms with E-state index in [2.05, 4.69) is 0 Å². The summed E-state index contributed by atoms with van der Waals surface area (Å²) in [6.45, 7) is 1.36. The Kier molecular flexibility index (Phi) is 10.8. The van der Waals surface area contributed by atoms with Gasteiger partial charge in [0.2, 0.25) is 11.8 Å². The van der Waals surface area contributed by atoms with Crippen molar-refractivity contribution >= 4 is 11.8 Å². The van der Waals surface area contributed by atoms with Gasteiger partial charge >= 0.3 is 0 Å². The van der Waals surface area contributed by atoms with Crippen molar-refractivity contribution in [3.05, 3.63) is 106 Å². The van der Waals surface area contributed by atoms with E-state index in [0.717, 1.165) is 29.5 Å². The van der Waals surface area contributed by atoms with E-state index in [-0.39, 0.29) is 35.9 Å². The number of amides is 2. The molecule has 2 aliphatic rings. The second-order valence-corrected chi connectivity index (χ2v) is 10.4. The minimum absolute atomic E-state index is 0.0347. The molecule has 4 rings (SSSR count). The van der Waals surface area contributed by atoms with Crippen LogP contribution < -0.4 is 0 Å². The van der Waals surface area contributed by atoms with Crippen molar-refractivity contribution in [2.24, 2.45) is 0 Å². The summed E-state index contributed by atoms with van der Waals surface area (Å²) < 4.78 is 43.4. The van der Waals surface area contributed by atoms with Crippen molar-refractivity contribution in [3.63, 3.8) is 0 Å². The van der Waals surface area contributed by atoms with Gasteiger partial charge in [0, 0.05) is 38.4 Å². The molecule has 0 bridgehead atoms. The van der Waals surface area contributed by atoms with Crippen molar-refractivity contribution in [2.75, 3.05) is 47.5 Å². The first-order chi connectivity index (χ1) is 20.3. The second kappa shape index (κ2) is 14.7. The zero-order valence-electron chi connectivity index (χ0n) is 24.4. The summed E-state index contributed by atoms with van der Waals surface area (Å²) in [5.41, 5.74) is 2.79. The summed E-state index contributed by atoms with van der Waals surface area (Å²) >= 11 is 0. The van der Waals surface area contributed by atoms with Gasteiger partial charge < -0.3 is 24.0 Å². The molecule has 0 N–H and O–H groups in total. The van der Waals surface area contributed by atoms with Crippen molar-refractivity contribution in [2.45, 2.75) is 38.0 Å². The monoisotopic (exact) mass is 580 g/mol. The quantitative estimate of drug-likeness (QED) is 0.302. The van der Waals surface area contributed by atoms with E-state index >= 15 is 0 Å². The first kappa shape index (κ1) is 30.8. The Morgan fingerprint density at radius 2 is 1.52 bits per heavy atom. The van der Waals surface area contributed by atoms with Crippen LogP contribution in [0.15, 0.2) is 83.5 Å². The van der Waals surface area contributed by atoms with Gasteiger partial charge in [-0.15, -0.1) is 0 Å². The van der Waals surface area contributed by atoms with Crippen LogP contribution in [0.5, 0.6) is 0 Å². The number of hydrogen-bond acceptors (Lipinski definition) is 5. The van der Waals surface area contributed by atoms with Gasteiger partial charge in [-0.2, -0.15) is 0 Å². The average Bonchev–Trinajstić information content (AvgIpc) is 3.17. The topological polar surface area (TPSA) is 68.3 Å². The second-order valence-electron chi connectivity index (χ2n) is 10.4. The van der Waals surface area contributed by atoms with E-state index < -0.39 is 0 Å². The van der Waals surface area contributed by atoms with Crippen molar-refractivity contribution in [1.82, 2.24) is 9.80 Å². The van der Waals surface area contributed by atoms with E-state index in [1.807, 2.05) is 12.2 Å². The minimum Gasteiger partial charge on any atom is -0.497 e. The van der Waals surface area contributed by atoms with Crippen LogP contribution in [0.2, 0.25) is 0 Å². The number of carbonyl (C=O) groups is 2. The maximum Gasteiger partial charge on any atom is 0.242 e. The van der Waals surface area contributed by atoms with E-state index in [1.165, 1.54) is 24.3 Å². The normalized spacial score (nSPS) is 15.8. The van der Waals surface area contributed by atoms with Gasteiger partial charge in [-0.05, 0) is 59.9 Å². The van der Waals surface area contributed by atoms with Gasteiger partial charge in [0.25, 0.3) is 0 Å². The summed E-state index contributed by atoms with van der Waals surface area (Å²) in [5.74, 6) is 0.892. The highest BCUT2D eigenvalue weighted by atomic mass is 19.1. The molecule has 0 atom stereocenters. The Balaban J connectivity index is 1.28. The first-order valence-corrected chi connectivity index (χ1v) is 14.2. The molecule has 1 aliphatic heterocycles. The molecule has 42 heavy (non-hydrogen) atoms. The number of halogens is 2. The number of benzene rings is 2. The molecule has 1 saturated heterocycles. The van der Waals surface area contributed by atoms with Crippen LogP contribution in [-0.4, -0.2) is 69.1 Å². The molecule has 9 heteroatoms. The molecular formula is C33H38F2N2O5. The lowest BCUT2D eigenvalue weighted by atomic mass is 9.87. The van der Waals surface area contributed by atoms with Crippen LogP contribution in [0.4, 0.5) is 8.78 Å². The number of nitrogens with zero attached hydrogens (tertiary/aromatic N) is 2. The minimum atomic E-state index is -0.309. The Labute approximate surface area is 246 Å². The van der Waals surface area contributed by atoms with Gasteiger partial charge in [-0.3, -0.25) is 9.59 Å². The Morgan fingerprint density at radius 3 is 2.07 bits per heavy atom. The van der Waals surface area contributed by atoms with Crippen LogP contribution in [0, 0.1) is 11.6 Å². The average molecular weight is 581 g/mol. The molecule has 0 unspecified atom stereocenters. The van der Waals surface area contributed by atoms with Crippen molar-refractivity contribution in [3.8, 4) is 0 Å². The molecule has 0 aromatic heterocycles. The summed E-state index contributed by atoms with van der Waals surface area (Å²) in [6.07, 6.45) is 6.81. The maximum atomic E-state index is 13.5. The first-order valence-electron chi connectivity index (χ1n) is 14.2. The van der Waals surface area contributed by atoms with Crippen LogP contribution in [0.25, 0.3) is 0 Å². The third kappa shape index (κ3) is 7.78. The highest BCUT2D eigenvalue weighted by Crippen LogP contribution is 2.31. The number of unbranched alkanes of at least 4 members (excludes halogenated alkanes) is 1. The van der Waals surface area contributed by atoms with E-state index in [9.17, 15) is 18.4 Å². The fraction of sp³-hybridized carbons (Fsp3) is 0.394. The van der Waals surface area contributed by atoms with E-state index in [1.54, 1.807) is 55.4 Å². The molecule has 2 amide bonds. The van der Waals surface area contributed by atoms with Gasteiger partial charge in [-0.25, -0.2) is 8.78 Å². The third-order valence-corrected chi connectivity index (χ3v) is 7.74. The SMILES string of the molecule is COC1=CC(CN2CCN(C(=O)CCCCC(c3ccc(F)cc3)c3ccc(F)cc3)CC2=O)=CCC(OC)=C1OC. The fourth-order valence-electron chi connectivity index (χ4n) is 5.41. The molecule has 2 aromatic rings. The Bertz CT molecular complexity index is 1290. The molecule has 1 heterocycles. The number of ether oxygens (including phenoxy) is 3. The number of carbonyl (C=O) groups excluding carboxylic acids is 2. The zero-order chi connectivity index (χ0) is 30.1. The van der Waals surface area contributed by atoms with E-state index in [0.29, 0.717) is 56.2 Å². The molecule has 1 aliphatic carbocycles. The van der Waals surface area contributed by atoms with Crippen molar-refractivity contribution in [1.29, 1.82) is 0 Å². The highest BCUT2D eigenvalue weighted by molar-refractivity contribution is 5.86. The summed E-state index contributed by atoms with van der Waals surface area (Å²) in [5, 5.41) is 0. The lowest BCUT2D eigenvalue weighted by Crippen LogP contribution is -2.52. The number of hydrogen-bond donors (Lipinski definition) is 0. The summed E-state index contributed by atoms with van der Waals surface area (Å²) in [6, 6.07) is 12.7. The zero-order valence-corrected chi connectivity index (χ0v) is 24.4.